The van der Waals surface area contributed by atoms with Crippen molar-refractivity contribution >= 4 is 15.7 Å². The Hall–Kier alpha value is -3.18. The highest BCUT2D eigenvalue weighted by molar-refractivity contribution is 7.89. The molecule has 3 aromatic carbocycles. The number of rotatable bonds is 4. The first kappa shape index (κ1) is 22.6. The van der Waals surface area contributed by atoms with Crippen molar-refractivity contribution in [2.24, 2.45) is 5.92 Å². The smallest absolute Gasteiger partial charge is 0.243 e. The average molecular weight is 474 g/mol. The van der Waals surface area contributed by atoms with E-state index in [2.05, 4.69) is 17.0 Å². The van der Waals surface area contributed by atoms with Crippen LogP contribution in [-0.4, -0.2) is 44.1 Å². The Labute approximate surface area is 200 Å². The maximum atomic E-state index is 13.8. The van der Waals surface area contributed by atoms with Crippen LogP contribution >= 0.6 is 0 Å². The molecule has 6 nitrogen and oxygen atoms in total. The minimum absolute atomic E-state index is 0.0155. The number of sulfonamides is 1. The van der Waals surface area contributed by atoms with E-state index in [9.17, 15) is 13.5 Å². The lowest BCUT2D eigenvalue weighted by atomic mass is 9.81. The lowest BCUT2D eigenvalue weighted by Crippen LogP contribution is -2.48. The van der Waals surface area contributed by atoms with Crippen molar-refractivity contribution in [2.75, 3.05) is 25.1 Å². The third-order valence-electron chi connectivity index (χ3n) is 7.25. The van der Waals surface area contributed by atoms with Crippen LogP contribution in [0.3, 0.4) is 0 Å². The SMILES string of the molecule is Cc1cccc(S(=O)(=O)N2CC[C@H]3[C@@H](CO)N(C)c4ccc(-c5ccc(C#N)cc5)cc4[C@H]32)c1. The number of likely N-dealkylation sites (N-methyl/N-ethyl adjacent to an activating group) is 1. The predicted octanol–water partition coefficient (Wildman–Crippen LogP) is 4.10. The molecule has 0 radical (unpaired) electrons. The van der Waals surface area contributed by atoms with Gasteiger partial charge in [-0.25, -0.2) is 8.42 Å². The van der Waals surface area contributed by atoms with Crippen molar-refractivity contribution in [1.82, 2.24) is 4.31 Å². The van der Waals surface area contributed by atoms with E-state index in [1.165, 1.54) is 0 Å². The molecule has 3 atom stereocenters. The van der Waals surface area contributed by atoms with Crippen LogP contribution in [0, 0.1) is 24.2 Å². The molecule has 1 fully saturated rings. The molecule has 0 spiro atoms. The van der Waals surface area contributed by atoms with Crippen molar-refractivity contribution < 1.29 is 13.5 Å². The molecule has 0 bridgehead atoms. The number of aryl methyl sites for hydroxylation is 1. The zero-order chi connectivity index (χ0) is 24.0. The molecule has 0 saturated carbocycles. The first-order chi connectivity index (χ1) is 16.3. The molecule has 2 aliphatic rings. The number of nitriles is 1. The van der Waals surface area contributed by atoms with E-state index in [4.69, 9.17) is 5.26 Å². The van der Waals surface area contributed by atoms with Crippen LogP contribution in [0.1, 0.15) is 29.2 Å². The van der Waals surface area contributed by atoms with Crippen LogP contribution < -0.4 is 4.90 Å². The minimum Gasteiger partial charge on any atom is -0.394 e. The fraction of sp³-hybridized carbons (Fsp3) is 0.296. The van der Waals surface area contributed by atoms with Crippen LogP contribution in [0.25, 0.3) is 11.1 Å². The Balaban J connectivity index is 1.64. The molecule has 1 N–H and O–H groups in total. The maximum absolute atomic E-state index is 13.8. The summed E-state index contributed by atoms with van der Waals surface area (Å²) in [7, 11) is -1.75. The minimum atomic E-state index is -3.71. The molecule has 3 aromatic rings. The van der Waals surface area contributed by atoms with Crippen LogP contribution in [0.15, 0.2) is 71.6 Å². The molecule has 5 rings (SSSR count). The number of anilines is 1. The number of aliphatic hydroxyl groups is 1. The quantitative estimate of drug-likeness (QED) is 0.617. The van der Waals surface area contributed by atoms with Gasteiger partial charge >= 0.3 is 0 Å². The summed E-state index contributed by atoms with van der Waals surface area (Å²) in [6.07, 6.45) is 0.686. The van der Waals surface area contributed by atoms with Gasteiger partial charge in [0.25, 0.3) is 0 Å². The van der Waals surface area contributed by atoms with Crippen molar-refractivity contribution in [3.8, 4) is 17.2 Å². The van der Waals surface area contributed by atoms with E-state index in [0.29, 0.717) is 23.4 Å². The van der Waals surface area contributed by atoms with Crippen molar-refractivity contribution in [1.29, 1.82) is 5.26 Å². The third-order valence-corrected chi connectivity index (χ3v) is 9.12. The van der Waals surface area contributed by atoms with E-state index in [0.717, 1.165) is 27.9 Å². The van der Waals surface area contributed by atoms with Gasteiger partial charge in [-0.1, -0.05) is 30.3 Å². The van der Waals surface area contributed by atoms with E-state index in [-0.39, 0.29) is 24.6 Å². The first-order valence-corrected chi connectivity index (χ1v) is 12.9. The van der Waals surface area contributed by atoms with E-state index in [1.807, 2.05) is 44.3 Å². The van der Waals surface area contributed by atoms with Crippen LogP contribution in [0.2, 0.25) is 0 Å². The number of aliphatic hydroxyl groups excluding tert-OH is 1. The Morgan fingerprint density at radius 2 is 1.79 bits per heavy atom. The Kier molecular flexibility index (Phi) is 5.68. The van der Waals surface area contributed by atoms with Gasteiger partial charge in [0, 0.05) is 25.2 Å². The lowest BCUT2D eigenvalue weighted by Gasteiger charge is -2.44. The highest BCUT2D eigenvalue weighted by Crippen LogP contribution is 2.51. The molecule has 174 valence electrons. The number of benzene rings is 3. The van der Waals surface area contributed by atoms with Crippen LogP contribution in [0.4, 0.5) is 5.69 Å². The fourth-order valence-corrected chi connectivity index (χ4v) is 7.28. The first-order valence-electron chi connectivity index (χ1n) is 11.4. The monoisotopic (exact) mass is 473 g/mol. The van der Waals surface area contributed by atoms with Crippen molar-refractivity contribution in [3.63, 3.8) is 0 Å². The summed E-state index contributed by atoms with van der Waals surface area (Å²) < 4.78 is 29.2. The Bertz CT molecular complexity index is 1380. The number of fused-ring (bicyclic) bond motifs is 3. The van der Waals surface area contributed by atoms with Crippen LogP contribution in [0.5, 0.6) is 0 Å². The third kappa shape index (κ3) is 3.59. The molecule has 0 unspecified atom stereocenters. The van der Waals surface area contributed by atoms with Crippen molar-refractivity contribution in [2.45, 2.75) is 30.3 Å². The van der Waals surface area contributed by atoms with Gasteiger partial charge in [0.15, 0.2) is 0 Å². The number of hydrogen-bond acceptors (Lipinski definition) is 5. The second kappa shape index (κ2) is 8.55. The summed E-state index contributed by atoms with van der Waals surface area (Å²) in [5.74, 6) is -0.0155. The molecule has 1 saturated heterocycles. The highest BCUT2D eigenvalue weighted by atomic mass is 32.2. The van der Waals surface area contributed by atoms with Gasteiger partial charge in [-0.15, -0.1) is 0 Å². The summed E-state index contributed by atoms with van der Waals surface area (Å²) in [4.78, 5) is 2.39. The Morgan fingerprint density at radius 1 is 1.06 bits per heavy atom. The van der Waals surface area contributed by atoms with Gasteiger partial charge in [0.1, 0.15) is 0 Å². The van der Waals surface area contributed by atoms with E-state index >= 15 is 0 Å². The van der Waals surface area contributed by atoms with Gasteiger partial charge in [-0.3, -0.25) is 0 Å². The van der Waals surface area contributed by atoms with Gasteiger partial charge < -0.3 is 10.0 Å². The number of nitrogens with zero attached hydrogens (tertiary/aromatic N) is 3. The second-order valence-electron chi connectivity index (χ2n) is 9.15. The molecule has 2 aliphatic heterocycles. The topological polar surface area (TPSA) is 84.6 Å². The van der Waals surface area contributed by atoms with E-state index < -0.39 is 10.0 Å². The normalized spacial score (nSPS) is 22.2. The van der Waals surface area contributed by atoms with Gasteiger partial charge in [0.05, 0.1) is 35.2 Å². The maximum Gasteiger partial charge on any atom is 0.243 e. The molecule has 0 aromatic heterocycles. The molecule has 7 heteroatoms. The van der Waals surface area contributed by atoms with Gasteiger partial charge in [-0.05, 0) is 72.0 Å². The number of hydrogen-bond donors (Lipinski definition) is 1. The summed E-state index contributed by atoms with van der Waals surface area (Å²) in [6, 6.07) is 22.2. The summed E-state index contributed by atoms with van der Waals surface area (Å²) >= 11 is 0. The fourth-order valence-electron chi connectivity index (χ4n) is 5.51. The average Bonchev–Trinajstić information content (AvgIpc) is 3.30. The standard InChI is InChI=1S/C27H27N3O3S/c1-18-4-3-5-22(14-18)34(32,33)30-13-12-23-26(17-31)29(2)25-11-10-21(15-24(25)27(23)30)20-8-6-19(16-28)7-9-20/h3-11,14-15,23,26-27,31H,12-13,17H2,1-2H3/t23-,26+,27-/m0/s1. The summed E-state index contributed by atoms with van der Waals surface area (Å²) in [6.45, 7) is 2.27. The molecule has 0 amide bonds. The van der Waals surface area contributed by atoms with Crippen LogP contribution in [-0.2, 0) is 10.0 Å². The van der Waals surface area contributed by atoms with E-state index in [1.54, 1.807) is 34.6 Å². The van der Waals surface area contributed by atoms with Crippen molar-refractivity contribution in [3.05, 3.63) is 83.4 Å². The summed E-state index contributed by atoms with van der Waals surface area (Å²) in [5.41, 5.74) is 5.32. The van der Waals surface area contributed by atoms with Gasteiger partial charge in [-0.2, -0.15) is 9.57 Å². The summed E-state index contributed by atoms with van der Waals surface area (Å²) in [5, 5.41) is 19.3. The van der Waals surface area contributed by atoms with Gasteiger partial charge in [0.2, 0.25) is 10.0 Å². The zero-order valence-corrected chi connectivity index (χ0v) is 20.0. The zero-order valence-electron chi connectivity index (χ0n) is 19.2. The molecular weight excluding hydrogens is 446 g/mol. The predicted molar refractivity (Wildman–Crippen MR) is 132 cm³/mol. The largest absolute Gasteiger partial charge is 0.394 e. The molecule has 34 heavy (non-hydrogen) atoms. The second-order valence-corrected chi connectivity index (χ2v) is 11.0. The molecule has 2 heterocycles. The highest BCUT2D eigenvalue weighted by Gasteiger charge is 2.50. The molecular formula is C27H27N3O3S. The molecule has 0 aliphatic carbocycles. The lowest BCUT2D eigenvalue weighted by molar-refractivity contribution is 0.193. The Morgan fingerprint density at radius 3 is 2.47 bits per heavy atom.